The van der Waals surface area contributed by atoms with Gasteiger partial charge in [0.1, 0.15) is 11.7 Å². The van der Waals surface area contributed by atoms with Crippen LogP contribution in [0.3, 0.4) is 0 Å². The molecule has 72 heavy (non-hydrogen) atoms. The summed E-state index contributed by atoms with van der Waals surface area (Å²) in [6.45, 7) is 14.8. The Balaban J connectivity index is 0.000000169. The van der Waals surface area contributed by atoms with Crippen LogP contribution in [0.1, 0.15) is 92.2 Å². The summed E-state index contributed by atoms with van der Waals surface area (Å²) in [5.74, 6) is -0.521. The highest BCUT2D eigenvalue weighted by Gasteiger charge is 2.87. The number of aliphatic hydroxyl groups is 4. The molecule has 2 saturated heterocycles. The number of Topliss-reactive ketones (excluding diaryl/α,β-unsaturated/α-hetero) is 2. The van der Waals surface area contributed by atoms with E-state index in [0.29, 0.717) is 76.8 Å². The Kier molecular flexibility index (Phi) is 9.38. The Morgan fingerprint density at radius 2 is 1.19 bits per heavy atom. The summed E-state index contributed by atoms with van der Waals surface area (Å²) >= 11 is 0. The van der Waals surface area contributed by atoms with Crippen LogP contribution in [-0.4, -0.2) is 148 Å². The number of ether oxygens (including phenoxy) is 3. The van der Waals surface area contributed by atoms with Gasteiger partial charge in [0.25, 0.3) is 0 Å². The number of phenols is 3. The van der Waals surface area contributed by atoms with E-state index >= 15 is 4.79 Å². The number of hydrogen-bond acceptors (Lipinski definition) is 15. The number of carbonyl (C=O) groups is 2. The number of likely N-dealkylation sites (tertiary alicyclic amines) is 2. The quantitative estimate of drug-likeness (QED) is 0.151. The van der Waals surface area contributed by atoms with Gasteiger partial charge in [-0.2, -0.15) is 0 Å². The van der Waals surface area contributed by atoms with Crippen LogP contribution in [-0.2, 0) is 45.1 Å². The number of benzene rings is 3. The number of rotatable bonds is 8. The summed E-state index contributed by atoms with van der Waals surface area (Å²) < 4.78 is 19.0. The second kappa shape index (κ2) is 14.5. The molecule has 0 aromatic heterocycles. The Labute approximate surface area is 418 Å². The third-order valence-corrected chi connectivity index (χ3v) is 21.0. The minimum absolute atomic E-state index is 0. The second-order valence-corrected chi connectivity index (χ2v) is 23.2. The highest BCUT2D eigenvalue weighted by Crippen LogP contribution is 2.77. The number of aromatic hydroxyl groups is 3. The van der Waals surface area contributed by atoms with Gasteiger partial charge in [0, 0.05) is 67.9 Å². The number of phenolic OH excluding ortho intramolecular Hbond substituents is 3. The second-order valence-electron chi connectivity index (χ2n) is 23.2. The van der Waals surface area contributed by atoms with Gasteiger partial charge in [-0.25, -0.2) is 0 Å². The highest BCUT2D eigenvalue weighted by molar-refractivity contribution is 5.93. The van der Waals surface area contributed by atoms with Crippen molar-refractivity contribution in [3.05, 3.63) is 108 Å². The highest BCUT2D eigenvalue weighted by atomic mass is 16.5. The van der Waals surface area contributed by atoms with Crippen LogP contribution < -0.4 is 19.5 Å². The third-order valence-electron chi connectivity index (χ3n) is 21.0. The molecule has 6 unspecified atom stereocenters. The molecular formula is C57H65N3O12. The minimum atomic E-state index is -1.80. The average Bonchev–Trinajstić information content (AvgIpc) is 4.04. The monoisotopic (exact) mass is 983 g/mol. The SMILES string of the molecule is C.C=CCN1CC[C@]23c4c5ccc(O)c4OC2C(=O)CC[C@@]3(O)[C@H]1C5.C=CCN[C@]12Cc3ccc(O)c4c3[C@@]3(C1)C(O4)C(O)(C1C[C@@]4(O)C5Cc6ccc(O)c7c6[C@@]4(CCN5CC=C)C(O7)C1=O)CC[C@@]23O. The number of ketones is 2. The lowest BCUT2D eigenvalue weighted by Crippen LogP contribution is -2.91. The van der Waals surface area contributed by atoms with Gasteiger partial charge in [-0.3, -0.25) is 19.4 Å². The van der Waals surface area contributed by atoms with Crippen molar-refractivity contribution in [2.45, 2.75) is 153 Å². The lowest BCUT2D eigenvalue weighted by atomic mass is 9.32. The Hall–Kier alpha value is -5.26. The van der Waals surface area contributed by atoms with E-state index in [2.05, 4.69) is 34.9 Å². The maximum atomic E-state index is 15.0. The van der Waals surface area contributed by atoms with Crippen LogP contribution in [0.4, 0.5) is 0 Å². The van der Waals surface area contributed by atoms with Crippen molar-refractivity contribution >= 4 is 11.6 Å². The van der Waals surface area contributed by atoms with Crippen molar-refractivity contribution in [2.24, 2.45) is 5.92 Å². The van der Waals surface area contributed by atoms with Crippen molar-refractivity contribution < 1.29 is 59.5 Å². The van der Waals surface area contributed by atoms with Gasteiger partial charge in [-0.1, -0.05) is 43.9 Å². The molecule has 14 atom stereocenters. The van der Waals surface area contributed by atoms with E-state index in [1.807, 2.05) is 30.4 Å². The van der Waals surface area contributed by atoms with E-state index in [0.717, 1.165) is 46.5 Å². The molecule has 4 saturated carbocycles. The summed E-state index contributed by atoms with van der Waals surface area (Å²) in [6, 6.07) is 10.1. The predicted molar refractivity (Wildman–Crippen MR) is 263 cm³/mol. The first-order chi connectivity index (χ1) is 34.0. The van der Waals surface area contributed by atoms with Gasteiger partial charge in [0.2, 0.25) is 0 Å². The fraction of sp³-hybridized carbons (Fsp3) is 0.544. The summed E-state index contributed by atoms with van der Waals surface area (Å²) in [5.41, 5.74) is -3.86. The molecule has 0 radical (unpaired) electrons. The lowest BCUT2D eigenvalue weighted by Gasteiger charge is -2.75. The largest absolute Gasteiger partial charge is 0.504 e. The number of carbonyl (C=O) groups excluding carboxylic acids is 2. The molecule has 5 heterocycles. The van der Waals surface area contributed by atoms with Gasteiger partial charge in [0.05, 0.1) is 44.5 Å². The van der Waals surface area contributed by atoms with Crippen LogP contribution in [0, 0.1) is 5.92 Å². The zero-order valence-corrected chi connectivity index (χ0v) is 39.7. The fourth-order valence-corrected chi connectivity index (χ4v) is 18.4. The van der Waals surface area contributed by atoms with E-state index < -0.39 is 68.4 Å². The smallest absolute Gasteiger partial charge is 0.180 e. The zero-order valence-electron chi connectivity index (χ0n) is 39.7. The molecule has 8 N–H and O–H groups in total. The maximum Gasteiger partial charge on any atom is 0.180 e. The van der Waals surface area contributed by atoms with Crippen molar-refractivity contribution in [3.63, 3.8) is 0 Å². The zero-order chi connectivity index (χ0) is 49.2. The van der Waals surface area contributed by atoms with Crippen molar-refractivity contribution in [1.29, 1.82) is 0 Å². The number of piperidine rings is 2. The third kappa shape index (κ3) is 4.81. The Morgan fingerprint density at radius 1 is 0.653 bits per heavy atom. The van der Waals surface area contributed by atoms with Crippen LogP contribution >= 0.6 is 0 Å². The van der Waals surface area contributed by atoms with Crippen LogP contribution in [0.2, 0.25) is 0 Å². The van der Waals surface area contributed by atoms with E-state index in [1.54, 1.807) is 24.3 Å². The molecule has 3 spiro atoms. The summed E-state index contributed by atoms with van der Waals surface area (Å²) in [4.78, 5) is 32.1. The van der Waals surface area contributed by atoms with Gasteiger partial charge in [-0.05, 0) is 99.1 Å². The van der Waals surface area contributed by atoms with E-state index in [9.17, 15) is 40.5 Å². The molecule has 3 aromatic rings. The molecule has 15 nitrogen and oxygen atoms in total. The molecule has 3 aromatic carbocycles. The molecule has 15 rings (SSSR count). The lowest BCUT2D eigenvalue weighted by molar-refractivity contribution is -0.299. The first-order valence-corrected chi connectivity index (χ1v) is 25.6. The molecule has 5 aliphatic heterocycles. The molecule has 7 aliphatic carbocycles. The number of hydrogen-bond donors (Lipinski definition) is 8. The van der Waals surface area contributed by atoms with Crippen molar-refractivity contribution in [3.8, 4) is 34.5 Å². The topological polar surface area (TPSA) is 222 Å². The maximum absolute atomic E-state index is 15.0. The standard InChI is InChI=1S/C37H40N2O8.C19H21NO4.CH4/c1-3-12-38-32-16-20-6-8-23(41)29-26(20)34(18-32)31(47-29)35(43,9-10-37(32,34)45)21-17-36(44)24-15-19-5-7-22(40)28-25(19)33(36,30(46-28)27(21)42)11-14-39(24)13-4-2;1-2-8-20-9-7-18-15-11-3-4-12(21)16(15)24-17(18)13(22)5-6-19(18,23)14(20)10-11;/h3-8,21,24,30-31,38,40-41,43-45H,1-2,9-18H2;2-4,14,17,21,23H,1,5-10H2;1H4/t21?,24?,30?,31?,32-,33+,34+,35?,36-,37-;14-,17?,18+,19-;/m11./s1. The van der Waals surface area contributed by atoms with Gasteiger partial charge >= 0.3 is 0 Å². The molecule has 12 aliphatic rings. The number of fused-ring (bicyclic) bond motifs is 2. The minimum Gasteiger partial charge on any atom is -0.504 e. The van der Waals surface area contributed by atoms with Gasteiger partial charge in [0.15, 0.2) is 58.3 Å². The molecule has 6 fully saturated rings. The first kappa shape index (κ1) is 46.5. The number of nitrogens with one attached hydrogen (secondary N) is 1. The Bertz CT molecular complexity index is 2980. The van der Waals surface area contributed by atoms with E-state index in [4.69, 9.17) is 14.2 Å². The van der Waals surface area contributed by atoms with Crippen LogP contribution in [0.5, 0.6) is 34.5 Å². The molecular weight excluding hydrogens is 919 g/mol. The van der Waals surface area contributed by atoms with Gasteiger partial charge in [-0.15, -0.1) is 19.7 Å². The van der Waals surface area contributed by atoms with Crippen molar-refractivity contribution in [2.75, 3.05) is 32.7 Å². The summed E-state index contributed by atoms with van der Waals surface area (Å²) in [6.07, 6.45) is 6.90. The summed E-state index contributed by atoms with van der Waals surface area (Å²) in [5, 5.41) is 86.7. The van der Waals surface area contributed by atoms with Gasteiger partial charge < -0.3 is 55.3 Å². The molecule has 380 valence electrons. The van der Waals surface area contributed by atoms with Crippen LogP contribution in [0.15, 0.2) is 74.4 Å². The predicted octanol–water partition coefficient (Wildman–Crippen LogP) is 3.60. The molecule has 0 amide bonds. The van der Waals surface area contributed by atoms with Crippen molar-refractivity contribution in [1.82, 2.24) is 15.1 Å². The average molecular weight is 984 g/mol. The summed E-state index contributed by atoms with van der Waals surface area (Å²) in [7, 11) is 0. The Morgan fingerprint density at radius 3 is 1.79 bits per heavy atom. The first-order valence-electron chi connectivity index (χ1n) is 25.6. The van der Waals surface area contributed by atoms with Crippen LogP contribution in [0.25, 0.3) is 0 Å². The molecule has 6 bridgehead atoms. The van der Waals surface area contributed by atoms with E-state index in [1.165, 1.54) is 0 Å². The molecule has 15 heteroatoms. The number of nitrogens with zero attached hydrogens (tertiary/aromatic N) is 2. The normalized spacial score (nSPS) is 42.9. The van der Waals surface area contributed by atoms with E-state index in [-0.39, 0.29) is 79.1 Å². The fourth-order valence-electron chi connectivity index (χ4n) is 18.4.